The Morgan fingerprint density at radius 2 is 1.86 bits per heavy atom. The lowest BCUT2D eigenvalue weighted by atomic mass is 9.96. The number of hydrogen-bond donors (Lipinski definition) is 2. The van der Waals surface area contributed by atoms with Crippen molar-refractivity contribution >= 4 is 34.2 Å². The average molecular weight is 521 g/mol. The van der Waals surface area contributed by atoms with E-state index in [1.165, 1.54) is 12.1 Å². The predicted octanol–water partition coefficient (Wildman–Crippen LogP) is 4.85. The zero-order valence-electron chi connectivity index (χ0n) is 20.9. The molecule has 0 radical (unpaired) electrons. The normalized spacial score (nSPS) is 14.9. The fourth-order valence-electron chi connectivity index (χ4n) is 4.86. The summed E-state index contributed by atoms with van der Waals surface area (Å²) in [7, 11) is 0. The summed E-state index contributed by atoms with van der Waals surface area (Å²) in [5.74, 6) is -0.492. The summed E-state index contributed by atoms with van der Waals surface area (Å²) in [6, 6.07) is 14.3. The van der Waals surface area contributed by atoms with E-state index in [1.54, 1.807) is 18.5 Å². The van der Waals surface area contributed by atoms with Crippen molar-refractivity contribution in [3.63, 3.8) is 0 Å². The molecule has 2 N–H and O–H groups in total. The van der Waals surface area contributed by atoms with Crippen LogP contribution < -0.4 is 10.2 Å². The number of piperazine rings is 1. The third-order valence-corrected chi connectivity index (χ3v) is 7.05. The van der Waals surface area contributed by atoms with Crippen LogP contribution in [0.2, 0.25) is 5.02 Å². The molecule has 4 aromatic rings. The predicted molar refractivity (Wildman–Crippen MR) is 145 cm³/mol. The topological polar surface area (TPSA) is 77.2 Å². The van der Waals surface area contributed by atoms with Crippen molar-refractivity contribution in [2.24, 2.45) is 0 Å². The molecule has 192 valence electrons. The van der Waals surface area contributed by atoms with E-state index in [2.05, 4.69) is 39.2 Å². The molecule has 3 heterocycles. The highest BCUT2D eigenvalue weighted by atomic mass is 35.5. The van der Waals surface area contributed by atoms with Crippen LogP contribution in [0.3, 0.4) is 0 Å². The first kappa shape index (κ1) is 25.2. The van der Waals surface area contributed by atoms with Gasteiger partial charge in [0.15, 0.2) is 5.65 Å². The maximum atomic E-state index is 14.1. The molecule has 1 unspecified atom stereocenters. The second-order valence-corrected chi connectivity index (χ2v) is 10.1. The van der Waals surface area contributed by atoms with Gasteiger partial charge >= 0.3 is 0 Å². The lowest BCUT2D eigenvalue weighted by Gasteiger charge is -2.38. The van der Waals surface area contributed by atoms with Gasteiger partial charge < -0.3 is 15.1 Å². The van der Waals surface area contributed by atoms with Crippen LogP contribution in [0.5, 0.6) is 0 Å². The molecule has 37 heavy (non-hydrogen) atoms. The summed E-state index contributed by atoms with van der Waals surface area (Å²) in [4.78, 5) is 22.4. The minimum absolute atomic E-state index is 0.101. The molecule has 0 aliphatic carbocycles. The summed E-state index contributed by atoms with van der Waals surface area (Å²) in [5, 5.41) is 12.1. The van der Waals surface area contributed by atoms with Crippen molar-refractivity contribution in [2.45, 2.75) is 25.8 Å². The molecule has 2 aromatic carbocycles. The van der Waals surface area contributed by atoms with E-state index in [0.29, 0.717) is 43.4 Å². The van der Waals surface area contributed by atoms with E-state index < -0.39 is 0 Å². The van der Waals surface area contributed by atoms with Crippen LogP contribution in [0.4, 0.5) is 10.1 Å². The van der Waals surface area contributed by atoms with E-state index >= 15 is 0 Å². The number of carbonyl (C=O) groups is 1. The molecule has 1 aliphatic heterocycles. The standard InChI is InChI=1S/C28H30ClFN6O/c1-18(2)31-16-24(19-6-8-21(29)9-7-19)28(37)36-12-10-35(11-13-36)26-23(20-4-3-5-22(30)14-20)15-32-27-25(26)17-33-34-27/h3-9,14-15,17-18,24,31H,10-13,16H2,1-2H3,(H,32,33,34). The Morgan fingerprint density at radius 1 is 1.11 bits per heavy atom. The SMILES string of the molecule is CC(C)NCC(C(=O)N1CCN(c2c(-c3cccc(F)c3)cnc3[nH]ncc23)CC1)c1ccc(Cl)cc1. The number of halogens is 2. The number of amides is 1. The van der Waals surface area contributed by atoms with E-state index in [-0.39, 0.29) is 23.7 Å². The van der Waals surface area contributed by atoms with Crippen molar-refractivity contribution in [1.82, 2.24) is 25.4 Å². The van der Waals surface area contributed by atoms with Crippen LogP contribution >= 0.6 is 11.6 Å². The summed E-state index contributed by atoms with van der Waals surface area (Å²) in [6.07, 6.45) is 3.52. The summed E-state index contributed by atoms with van der Waals surface area (Å²) in [6.45, 7) is 7.14. The third kappa shape index (κ3) is 5.45. The summed E-state index contributed by atoms with van der Waals surface area (Å²) < 4.78 is 14.1. The molecule has 2 aromatic heterocycles. The molecule has 1 aliphatic rings. The van der Waals surface area contributed by atoms with Crippen LogP contribution in [-0.4, -0.2) is 64.8 Å². The van der Waals surface area contributed by atoms with Crippen LogP contribution in [0.15, 0.2) is 60.9 Å². The number of rotatable bonds is 7. The van der Waals surface area contributed by atoms with E-state index in [9.17, 15) is 9.18 Å². The Bertz CT molecular complexity index is 1380. The largest absolute Gasteiger partial charge is 0.367 e. The molecular formula is C28H30ClFN6O. The molecule has 0 saturated carbocycles. The Labute approximate surface area is 220 Å². The fraction of sp³-hybridized carbons (Fsp3) is 0.321. The van der Waals surface area contributed by atoms with Crippen molar-refractivity contribution < 1.29 is 9.18 Å². The van der Waals surface area contributed by atoms with Gasteiger partial charge in [0, 0.05) is 55.5 Å². The minimum Gasteiger partial charge on any atom is -0.367 e. The minimum atomic E-state index is -0.297. The van der Waals surface area contributed by atoms with Gasteiger partial charge in [0.25, 0.3) is 0 Å². The zero-order chi connectivity index (χ0) is 25.9. The molecule has 1 saturated heterocycles. The third-order valence-electron chi connectivity index (χ3n) is 6.80. The number of benzene rings is 2. The van der Waals surface area contributed by atoms with Gasteiger partial charge in [0.2, 0.25) is 5.91 Å². The van der Waals surface area contributed by atoms with Crippen molar-refractivity contribution in [3.8, 4) is 11.1 Å². The average Bonchev–Trinajstić information content (AvgIpc) is 3.38. The van der Waals surface area contributed by atoms with Gasteiger partial charge in [-0.15, -0.1) is 0 Å². The van der Waals surface area contributed by atoms with Crippen LogP contribution in [0.25, 0.3) is 22.2 Å². The maximum absolute atomic E-state index is 14.1. The molecule has 0 spiro atoms. The Hall–Kier alpha value is -3.49. The first-order chi connectivity index (χ1) is 17.9. The van der Waals surface area contributed by atoms with Crippen LogP contribution in [0, 0.1) is 5.82 Å². The van der Waals surface area contributed by atoms with Gasteiger partial charge in [-0.25, -0.2) is 9.37 Å². The van der Waals surface area contributed by atoms with E-state index in [1.807, 2.05) is 35.2 Å². The van der Waals surface area contributed by atoms with Gasteiger partial charge in [-0.1, -0.05) is 49.7 Å². The van der Waals surface area contributed by atoms with Gasteiger partial charge in [-0.2, -0.15) is 5.10 Å². The number of carbonyl (C=O) groups excluding carboxylic acids is 1. The Balaban J connectivity index is 1.39. The lowest BCUT2D eigenvalue weighted by Crippen LogP contribution is -2.51. The molecule has 9 heteroatoms. The highest BCUT2D eigenvalue weighted by Crippen LogP contribution is 2.37. The smallest absolute Gasteiger partial charge is 0.231 e. The first-order valence-electron chi connectivity index (χ1n) is 12.5. The van der Waals surface area contributed by atoms with E-state index in [4.69, 9.17) is 11.6 Å². The molecule has 5 rings (SSSR count). The number of anilines is 1. The molecule has 1 amide bonds. The second kappa shape index (κ2) is 10.9. The van der Waals surface area contributed by atoms with Crippen molar-refractivity contribution in [3.05, 3.63) is 77.3 Å². The Kier molecular flexibility index (Phi) is 7.39. The number of nitrogens with zero attached hydrogens (tertiary/aromatic N) is 4. The van der Waals surface area contributed by atoms with Gasteiger partial charge in [0.1, 0.15) is 5.82 Å². The zero-order valence-corrected chi connectivity index (χ0v) is 21.7. The number of H-pyrrole nitrogens is 1. The van der Waals surface area contributed by atoms with Crippen molar-refractivity contribution in [1.29, 1.82) is 0 Å². The number of fused-ring (bicyclic) bond motifs is 1. The van der Waals surface area contributed by atoms with Crippen LogP contribution in [0.1, 0.15) is 25.3 Å². The Morgan fingerprint density at radius 3 is 2.57 bits per heavy atom. The fourth-order valence-corrected chi connectivity index (χ4v) is 4.99. The lowest BCUT2D eigenvalue weighted by molar-refractivity contribution is -0.133. The monoisotopic (exact) mass is 520 g/mol. The number of aromatic amines is 1. The first-order valence-corrected chi connectivity index (χ1v) is 12.9. The quantitative estimate of drug-likeness (QED) is 0.364. The van der Waals surface area contributed by atoms with E-state index in [0.717, 1.165) is 27.8 Å². The van der Waals surface area contributed by atoms with Crippen LogP contribution in [-0.2, 0) is 4.79 Å². The summed E-state index contributed by atoms with van der Waals surface area (Å²) in [5.41, 5.74) is 4.18. The molecule has 1 atom stereocenters. The van der Waals surface area contributed by atoms with Gasteiger partial charge in [-0.3, -0.25) is 9.89 Å². The number of aromatic nitrogens is 3. The maximum Gasteiger partial charge on any atom is 0.231 e. The number of pyridine rings is 1. The summed E-state index contributed by atoms with van der Waals surface area (Å²) >= 11 is 6.10. The molecule has 0 bridgehead atoms. The molecule has 1 fully saturated rings. The highest BCUT2D eigenvalue weighted by molar-refractivity contribution is 6.30. The highest BCUT2D eigenvalue weighted by Gasteiger charge is 2.30. The molecule has 7 nitrogen and oxygen atoms in total. The second-order valence-electron chi connectivity index (χ2n) is 9.64. The number of nitrogens with one attached hydrogen (secondary N) is 2. The van der Waals surface area contributed by atoms with Gasteiger partial charge in [0.05, 0.1) is 23.2 Å². The van der Waals surface area contributed by atoms with Crippen molar-refractivity contribution in [2.75, 3.05) is 37.6 Å². The molecular weight excluding hydrogens is 491 g/mol. The van der Waals surface area contributed by atoms with Gasteiger partial charge in [-0.05, 0) is 35.4 Å². The number of hydrogen-bond acceptors (Lipinski definition) is 5.